The highest BCUT2D eigenvalue weighted by atomic mass is 16.5. The number of rotatable bonds is 7. The molecule has 0 amide bonds. The Morgan fingerprint density at radius 3 is 2.22 bits per heavy atom. The second kappa shape index (κ2) is 8.32. The van der Waals surface area contributed by atoms with Gasteiger partial charge in [0.05, 0.1) is 5.60 Å². The van der Waals surface area contributed by atoms with Crippen LogP contribution in [0.1, 0.15) is 43.2 Å². The highest BCUT2D eigenvalue weighted by Gasteiger charge is 2.30. The number of fused-ring (bicyclic) bond motifs is 1. The molecule has 0 unspecified atom stereocenters. The van der Waals surface area contributed by atoms with Crippen molar-refractivity contribution >= 4 is 0 Å². The molecule has 1 aliphatic carbocycles. The Bertz CT molecular complexity index is 730. The lowest BCUT2D eigenvalue weighted by molar-refractivity contribution is -0.0339. The summed E-state index contributed by atoms with van der Waals surface area (Å²) in [6, 6.07) is 16.4. The van der Waals surface area contributed by atoms with Crippen LogP contribution in [0.4, 0.5) is 0 Å². The average molecular weight is 367 g/mol. The van der Waals surface area contributed by atoms with Crippen LogP contribution >= 0.6 is 0 Å². The predicted octanol–water partition coefficient (Wildman–Crippen LogP) is 4.16. The zero-order valence-corrected chi connectivity index (χ0v) is 15.9. The Balaban J connectivity index is 1.24. The Kier molecular flexibility index (Phi) is 5.65. The topological polar surface area (TPSA) is 41.9 Å². The number of benzene rings is 2. The van der Waals surface area contributed by atoms with E-state index in [0.717, 1.165) is 56.8 Å². The zero-order valence-electron chi connectivity index (χ0n) is 15.9. The van der Waals surface area contributed by atoms with Crippen molar-refractivity contribution in [2.24, 2.45) is 0 Å². The van der Waals surface area contributed by atoms with Crippen molar-refractivity contribution in [3.8, 4) is 11.5 Å². The van der Waals surface area contributed by atoms with Crippen LogP contribution in [0.25, 0.3) is 0 Å². The third-order valence-electron chi connectivity index (χ3n) is 5.68. The molecule has 1 fully saturated rings. The van der Waals surface area contributed by atoms with Crippen molar-refractivity contribution in [1.29, 1.82) is 0 Å². The van der Waals surface area contributed by atoms with Crippen LogP contribution in [0, 0.1) is 0 Å². The number of nitrogens with zero attached hydrogens (tertiary/aromatic N) is 1. The molecule has 0 bridgehead atoms. The zero-order chi connectivity index (χ0) is 18.5. The van der Waals surface area contributed by atoms with Gasteiger partial charge in [0, 0.05) is 25.7 Å². The SMILES string of the molecule is OC1(COc2cccc(OCCN3Cc4ccccc4C3)c2)CCCCC1. The van der Waals surface area contributed by atoms with Gasteiger partial charge in [-0.2, -0.15) is 0 Å². The smallest absolute Gasteiger partial charge is 0.123 e. The minimum Gasteiger partial charge on any atom is -0.492 e. The molecular formula is C23H29NO3. The maximum absolute atomic E-state index is 10.6. The van der Waals surface area contributed by atoms with Crippen molar-refractivity contribution in [2.45, 2.75) is 50.8 Å². The standard InChI is InChI=1S/C23H29NO3/c25-23(11-4-1-5-12-23)18-27-22-10-6-9-21(15-22)26-14-13-24-16-19-7-2-3-8-20(19)17-24/h2-3,6-10,15,25H,1,4-5,11-14,16-18H2. The third kappa shape index (κ3) is 4.82. The van der Waals surface area contributed by atoms with Gasteiger partial charge >= 0.3 is 0 Å². The van der Waals surface area contributed by atoms with Crippen LogP contribution in [-0.2, 0) is 13.1 Å². The summed E-state index contributed by atoms with van der Waals surface area (Å²) >= 11 is 0. The molecule has 4 heteroatoms. The first kappa shape index (κ1) is 18.3. The van der Waals surface area contributed by atoms with Gasteiger partial charge in [0.2, 0.25) is 0 Å². The van der Waals surface area contributed by atoms with E-state index in [1.54, 1.807) is 0 Å². The molecule has 4 rings (SSSR count). The van der Waals surface area contributed by atoms with E-state index in [1.807, 2.05) is 24.3 Å². The summed E-state index contributed by atoms with van der Waals surface area (Å²) in [6.07, 6.45) is 5.06. The Labute approximate surface area is 161 Å². The quantitative estimate of drug-likeness (QED) is 0.798. The second-order valence-electron chi connectivity index (χ2n) is 7.88. The molecule has 0 radical (unpaired) electrons. The van der Waals surface area contributed by atoms with Crippen LogP contribution in [0.5, 0.6) is 11.5 Å². The molecular weight excluding hydrogens is 338 g/mol. The van der Waals surface area contributed by atoms with E-state index in [4.69, 9.17) is 9.47 Å². The molecule has 2 aromatic carbocycles. The van der Waals surface area contributed by atoms with E-state index in [1.165, 1.54) is 17.5 Å². The fourth-order valence-corrected chi connectivity index (χ4v) is 4.08. The monoisotopic (exact) mass is 367 g/mol. The molecule has 2 aromatic rings. The van der Waals surface area contributed by atoms with Crippen LogP contribution < -0.4 is 9.47 Å². The Morgan fingerprint density at radius 1 is 0.852 bits per heavy atom. The molecule has 0 saturated heterocycles. The van der Waals surface area contributed by atoms with E-state index in [2.05, 4.69) is 29.2 Å². The van der Waals surface area contributed by atoms with Crippen molar-refractivity contribution in [1.82, 2.24) is 4.90 Å². The highest BCUT2D eigenvalue weighted by Crippen LogP contribution is 2.29. The van der Waals surface area contributed by atoms with Crippen molar-refractivity contribution in [3.63, 3.8) is 0 Å². The predicted molar refractivity (Wildman–Crippen MR) is 106 cm³/mol. The summed E-state index contributed by atoms with van der Waals surface area (Å²) in [5.41, 5.74) is 2.18. The molecule has 1 aliphatic heterocycles. The first-order chi connectivity index (χ1) is 13.2. The summed E-state index contributed by atoms with van der Waals surface area (Å²) in [6.45, 7) is 3.92. The van der Waals surface area contributed by atoms with E-state index in [9.17, 15) is 5.11 Å². The number of hydrogen-bond acceptors (Lipinski definition) is 4. The lowest BCUT2D eigenvalue weighted by Crippen LogP contribution is -2.37. The molecule has 27 heavy (non-hydrogen) atoms. The minimum absolute atomic E-state index is 0.364. The third-order valence-corrected chi connectivity index (χ3v) is 5.68. The molecule has 4 nitrogen and oxygen atoms in total. The molecule has 2 aliphatic rings. The normalized spacial score (nSPS) is 18.9. The van der Waals surface area contributed by atoms with E-state index in [-0.39, 0.29) is 0 Å². The Hall–Kier alpha value is -2.04. The van der Waals surface area contributed by atoms with Gasteiger partial charge in [-0.3, -0.25) is 4.90 Å². The molecule has 1 heterocycles. The second-order valence-corrected chi connectivity index (χ2v) is 7.88. The molecule has 1 N–H and O–H groups in total. The lowest BCUT2D eigenvalue weighted by Gasteiger charge is -2.31. The minimum atomic E-state index is -0.667. The van der Waals surface area contributed by atoms with Crippen LogP contribution in [-0.4, -0.2) is 35.4 Å². The van der Waals surface area contributed by atoms with Gasteiger partial charge in [-0.25, -0.2) is 0 Å². The summed E-state index contributed by atoms with van der Waals surface area (Å²) < 4.78 is 11.8. The highest BCUT2D eigenvalue weighted by molar-refractivity contribution is 5.33. The summed E-state index contributed by atoms with van der Waals surface area (Å²) in [7, 11) is 0. The van der Waals surface area contributed by atoms with Gasteiger partial charge in [0.1, 0.15) is 24.7 Å². The summed E-state index contributed by atoms with van der Waals surface area (Å²) in [5.74, 6) is 1.58. The van der Waals surface area contributed by atoms with Crippen molar-refractivity contribution < 1.29 is 14.6 Å². The van der Waals surface area contributed by atoms with Gasteiger partial charge in [-0.1, -0.05) is 49.6 Å². The van der Waals surface area contributed by atoms with E-state index < -0.39 is 5.60 Å². The fraction of sp³-hybridized carbons (Fsp3) is 0.478. The van der Waals surface area contributed by atoms with Crippen molar-refractivity contribution in [3.05, 3.63) is 59.7 Å². The lowest BCUT2D eigenvalue weighted by atomic mass is 9.85. The van der Waals surface area contributed by atoms with Crippen molar-refractivity contribution in [2.75, 3.05) is 19.8 Å². The van der Waals surface area contributed by atoms with Crippen LogP contribution in [0.3, 0.4) is 0 Å². The molecule has 0 atom stereocenters. The molecule has 144 valence electrons. The number of hydrogen-bond donors (Lipinski definition) is 1. The average Bonchev–Trinajstić information content (AvgIpc) is 3.10. The van der Waals surface area contributed by atoms with Crippen LogP contribution in [0.2, 0.25) is 0 Å². The van der Waals surface area contributed by atoms with Gasteiger partial charge in [-0.05, 0) is 36.1 Å². The summed E-state index contributed by atoms with van der Waals surface area (Å²) in [5, 5.41) is 10.6. The largest absolute Gasteiger partial charge is 0.492 e. The first-order valence-corrected chi connectivity index (χ1v) is 10.1. The number of aliphatic hydroxyl groups is 1. The maximum atomic E-state index is 10.6. The molecule has 0 spiro atoms. The number of ether oxygens (including phenoxy) is 2. The van der Waals surface area contributed by atoms with Gasteiger partial charge in [0.15, 0.2) is 0 Å². The fourth-order valence-electron chi connectivity index (χ4n) is 4.08. The maximum Gasteiger partial charge on any atom is 0.123 e. The van der Waals surface area contributed by atoms with Gasteiger partial charge in [-0.15, -0.1) is 0 Å². The van der Waals surface area contributed by atoms with Gasteiger partial charge in [0.25, 0.3) is 0 Å². The van der Waals surface area contributed by atoms with E-state index >= 15 is 0 Å². The molecule has 0 aromatic heterocycles. The van der Waals surface area contributed by atoms with Gasteiger partial charge < -0.3 is 14.6 Å². The molecule has 1 saturated carbocycles. The first-order valence-electron chi connectivity index (χ1n) is 10.1. The summed E-state index contributed by atoms with van der Waals surface area (Å²) in [4.78, 5) is 2.41. The van der Waals surface area contributed by atoms with Crippen LogP contribution in [0.15, 0.2) is 48.5 Å². The Morgan fingerprint density at radius 2 is 1.52 bits per heavy atom. The van der Waals surface area contributed by atoms with E-state index in [0.29, 0.717) is 13.2 Å².